The zero-order valence-electron chi connectivity index (χ0n) is 17.5. The summed E-state index contributed by atoms with van der Waals surface area (Å²) in [5.74, 6) is 0.359. The number of amides is 2. The number of nitrogens with one attached hydrogen (secondary N) is 2. The van der Waals surface area contributed by atoms with Gasteiger partial charge < -0.3 is 19.2 Å². The Morgan fingerprint density at radius 2 is 1.64 bits per heavy atom. The van der Waals surface area contributed by atoms with Crippen molar-refractivity contribution >= 4 is 22.8 Å². The topological polar surface area (TPSA) is 123 Å². The largest absolute Gasteiger partial charge is 0.492 e. The molecule has 0 aliphatic heterocycles. The molecule has 4 aromatic rings. The average Bonchev–Trinajstić information content (AvgIpc) is 3.24. The zero-order valence-corrected chi connectivity index (χ0v) is 17.5. The van der Waals surface area contributed by atoms with Gasteiger partial charge in [-0.25, -0.2) is 5.48 Å². The van der Waals surface area contributed by atoms with Crippen molar-refractivity contribution in [3.05, 3.63) is 89.9 Å². The van der Waals surface area contributed by atoms with Crippen molar-refractivity contribution in [3.8, 4) is 11.5 Å². The highest BCUT2D eigenvalue weighted by atomic mass is 16.5. The molecular formula is C24H21N3O6. The molecule has 2 heterocycles. The van der Waals surface area contributed by atoms with E-state index >= 15 is 0 Å². The molecule has 0 saturated carbocycles. The summed E-state index contributed by atoms with van der Waals surface area (Å²) in [6, 6.07) is 17.1. The fourth-order valence-electron chi connectivity index (χ4n) is 3.20. The number of rotatable bonds is 9. The molecule has 2 amide bonds. The SMILES string of the molecule is O=C(NO)c1ccc(OCCNC(=O)c2oc3ccccc3c2COc2ccncc2)cc1. The molecule has 0 bridgehead atoms. The molecule has 2 aromatic carbocycles. The number of fused-ring (bicyclic) bond motifs is 1. The van der Waals surface area contributed by atoms with Crippen molar-refractivity contribution in [2.45, 2.75) is 6.61 Å². The Labute approximate surface area is 188 Å². The molecule has 0 radical (unpaired) electrons. The van der Waals surface area contributed by atoms with Crippen molar-refractivity contribution in [2.24, 2.45) is 0 Å². The van der Waals surface area contributed by atoms with Crippen LogP contribution in [0.1, 0.15) is 26.5 Å². The Hall–Kier alpha value is -4.37. The first-order valence-corrected chi connectivity index (χ1v) is 10.1. The lowest BCUT2D eigenvalue weighted by molar-refractivity contribution is 0.0706. The van der Waals surface area contributed by atoms with E-state index in [-0.39, 0.29) is 31.4 Å². The third kappa shape index (κ3) is 5.28. The minimum absolute atomic E-state index is 0.161. The van der Waals surface area contributed by atoms with Crippen LogP contribution in [0.3, 0.4) is 0 Å². The summed E-state index contributed by atoms with van der Waals surface area (Å²) in [7, 11) is 0. The van der Waals surface area contributed by atoms with E-state index in [4.69, 9.17) is 19.1 Å². The lowest BCUT2D eigenvalue weighted by Crippen LogP contribution is -2.28. The van der Waals surface area contributed by atoms with E-state index in [0.717, 1.165) is 5.39 Å². The number of pyridine rings is 1. The Morgan fingerprint density at radius 3 is 2.39 bits per heavy atom. The maximum absolute atomic E-state index is 12.8. The van der Waals surface area contributed by atoms with Crippen LogP contribution in [-0.2, 0) is 6.61 Å². The van der Waals surface area contributed by atoms with E-state index in [2.05, 4.69) is 10.3 Å². The lowest BCUT2D eigenvalue weighted by atomic mass is 10.1. The first-order chi connectivity index (χ1) is 16.2. The van der Waals surface area contributed by atoms with Gasteiger partial charge in [0.1, 0.15) is 30.3 Å². The van der Waals surface area contributed by atoms with Gasteiger partial charge in [0.05, 0.1) is 6.54 Å². The van der Waals surface area contributed by atoms with Crippen molar-refractivity contribution in [1.82, 2.24) is 15.8 Å². The third-order valence-corrected chi connectivity index (χ3v) is 4.81. The molecule has 0 saturated heterocycles. The maximum Gasteiger partial charge on any atom is 0.287 e. The first-order valence-electron chi connectivity index (χ1n) is 10.1. The van der Waals surface area contributed by atoms with Crippen molar-refractivity contribution < 1.29 is 28.7 Å². The molecule has 0 spiro atoms. The Kier molecular flexibility index (Phi) is 6.81. The van der Waals surface area contributed by atoms with Gasteiger partial charge in [-0.05, 0) is 42.5 Å². The van der Waals surface area contributed by atoms with Crippen LogP contribution >= 0.6 is 0 Å². The van der Waals surface area contributed by atoms with E-state index in [0.29, 0.717) is 28.2 Å². The minimum atomic E-state index is -0.608. The number of hydroxylamine groups is 1. The second-order valence-electron chi connectivity index (χ2n) is 6.95. The molecule has 3 N–H and O–H groups in total. The van der Waals surface area contributed by atoms with Gasteiger partial charge in [0, 0.05) is 28.9 Å². The quantitative estimate of drug-likeness (QED) is 0.204. The molecule has 33 heavy (non-hydrogen) atoms. The van der Waals surface area contributed by atoms with Crippen LogP contribution in [0, 0.1) is 0 Å². The molecule has 0 fully saturated rings. The monoisotopic (exact) mass is 447 g/mol. The molecule has 9 nitrogen and oxygen atoms in total. The maximum atomic E-state index is 12.8. The van der Waals surface area contributed by atoms with Gasteiger partial charge >= 0.3 is 0 Å². The number of aromatic nitrogens is 1. The van der Waals surface area contributed by atoms with Gasteiger partial charge in [-0.1, -0.05) is 18.2 Å². The summed E-state index contributed by atoms with van der Waals surface area (Å²) in [5, 5.41) is 12.2. The van der Waals surface area contributed by atoms with E-state index < -0.39 is 5.91 Å². The standard InChI is InChI=1S/C24H21N3O6/c28-23(27-30)16-5-7-17(8-6-16)31-14-13-26-24(29)22-20(15-32-18-9-11-25-12-10-18)19-3-1-2-4-21(19)33-22/h1-12,30H,13-15H2,(H,26,29)(H,27,28). The average molecular weight is 447 g/mol. The molecule has 0 atom stereocenters. The highest BCUT2D eigenvalue weighted by molar-refractivity contribution is 5.99. The zero-order chi connectivity index (χ0) is 23.0. The number of carbonyl (C=O) groups excluding carboxylic acids is 2. The molecule has 168 valence electrons. The van der Waals surface area contributed by atoms with Crippen LogP contribution in [0.4, 0.5) is 0 Å². The number of benzene rings is 2. The smallest absolute Gasteiger partial charge is 0.287 e. The number of ether oxygens (including phenoxy) is 2. The summed E-state index contributed by atoms with van der Waals surface area (Å²) in [6.07, 6.45) is 3.26. The number of nitrogens with zero attached hydrogens (tertiary/aromatic N) is 1. The van der Waals surface area contributed by atoms with E-state index in [1.54, 1.807) is 48.2 Å². The Balaban J connectivity index is 1.38. The van der Waals surface area contributed by atoms with Crippen LogP contribution in [0.25, 0.3) is 11.0 Å². The number of furan rings is 1. The first kappa shape index (κ1) is 21.8. The second-order valence-corrected chi connectivity index (χ2v) is 6.95. The number of carbonyl (C=O) groups is 2. The number of para-hydroxylation sites is 1. The predicted molar refractivity (Wildman–Crippen MR) is 118 cm³/mol. The van der Waals surface area contributed by atoms with Crippen LogP contribution < -0.4 is 20.3 Å². The predicted octanol–water partition coefficient (Wildman–Crippen LogP) is 3.33. The third-order valence-electron chi connectivity index (χ3n) is 4.81. The van der Waals surface area contributed by atoms with Crippen LogP contribution in [-0.4, -0.2) is 35.2 Å². The highest BCUT2D eigenvalue weighted by Crippen LogP contribution is 2.27. The van der Waals surface area contributed by atoms with Gasteiger partial charge in [-0.3, -0.25) is 19.8 Å². The van der Waals surface area contributed by atoms with Crippen LogP contribution in [0.2, 0.25) is 0 Å². The lowest BCUT2D eigenvalue weighted by Gasteiger charge is -2.09. The normalized spacial score (nSPS) is 10.6. The highest BCUT2D eigenvalue weighted by Gasteiger charge is 2.20. The van der Waals surface area contributed by atoms with Crippen LogP contribution in [0.5, 0.6) is 11.5 Å². The van der Waals surface area contributed by atoms with E-state index in [1.807, 2.05) is 18.2 Å². The summed E-state index contributed by atoms with van der Waals surface area (Å²) < 4.78 is 17.2. The summed E-state index contributed by atoms with van der Waals surface area (Å²) >= 11 is 0. The molecule has 4 rings (SSSR count). The summed E-state index contributed by atoms with van der Waals surface area (Å²) in [5.41, 5.74) is 3.11. The Bertz CT molecular complexity index is 1240. The molecule has 9 heteroatoms. The van der Waals surface area contributed by atoms with Gasteiger partial charge in [0.2, 0.25) is 0 Å². The molecular weight excluding hydrogens is 426 g/mol. The van der Waals surface area contributed by atoms with Gasteiger partial charge in [-0.15, -0.1) is 0 Å². The van der Waals surface area contributed by atoms with Crippen molar-refractivity contribution in [2.75, 3.05) is 13.2 Å². The van der Waals surface area contributed by atoms with Gasteiger partial charge in [-0.2, -0.15) is 0 Å². The summed E-state index contributed by atoms with van der Waals surface area (Å²) in [6.45, 7) is 0.605. The summed E-state index contributed by atoms with van der Waals surface area (Å²) in [4.78, 5) is 28.1. The molecule has 0 aliphatic carbocycles. The minimum Gasteiger partial charge on any atom is -0.492 e. The van der Waals surface area contributed by atoms with Gasteiger partial charge in [0.25, 0.3) is 11.8 Å². The van der Waals surface area contributed by atoms with Crippen molar-refractivity contribution in [1.29, 1.82) is 0 Å². The van der Waals surface area contributed by atoms with Gasteiger partial charge in [0.15, 0.2) is 5.76 Å². The Morgan fingerprint density at radius 1 is 0.909 bits per heavy atom. The number of hydrogen-bond donors (Lipinski definition) is 3. The fourth-order valence-corrected chi connectivity index (χ4v) is 3.20. The van der Waals surface area contributed by atoms with Crippen molar-refractivity contribution in [3.63, 3.8) is 0 Å². The van der Waals surface area contributed by atoms with Crippen LogP contribution in [0.15, 0.2) is 77.5 Å². The van der Waals surface area contributed by atoms with E-state index in [9.17, 15) is 9.59 Å². The number of hydrogen-bond acceptors (Lipinski definition) is 7. The van der Waals surface area contributed by atoms with E-state index in [1.165, 1.54) is 12.1 Å². The molecule has 0 aliphatic rings. The molecule has 2 aromatic heterocycles. The molecule has 0 unspecified atom stereocenters. The second kappa shape index (κ2) is 10.3. The fraction of sp³-hybridized carbons (Fsp3) is 0.125.